The molecule has 0 aliphatic carbocycles. The Morgan fingerprint density at radius 2 is 2.10 bits per heavy atom. The SMILES string of the molecule is Nc1cc2c(ncn2[C@@H]2O[C@@H](CO)[C@@H](O)[C@@H]2O)c(=O)n1N. The topological polar surface area (TPSA) is 162 Å². The van der Waals surface area contributed by atoms with E-state index >= 15 is 0 Å². The largest absolute Gasteiger partial charge is 0.394 e. The molecule has 2 aromatic rings. The van der Waals surface area contributed by atoms with Crippen LogP contribution in [0.2, 0.25) is 0 Å². The van der Waals surface area contributed by atoms with Crippen molar-refractivity contribution in [3.63, 3.8) is 0 Å². The van der Waals surface area contributed by atoms with Crippen LogP contribution < -0.4 is 17.1 Å². The van der Waals surface area contributed by atoms with Crippen LogP contribution >= 0.6 is 0 Å². The molecule has 10 heteroatoms. The fourth-order valence-corrected chi connectivity index (χ4v) is 2.43. The van der Waals surface area contributed by atoms with Gasteiger partial charge in [-0.25, -0.2) is 9.66 Å². The fraction of sp³-hybridized carbons (Fsp3) is 0.455. The van der Waals surface area contributed by atoms with Gasteiger partial charge in [-0.3, -0.25) is 4.79 Å². The standard InChI is InChI=1S/C11H15N5O5/c12-6-1-4-7(10(20)16(6)13)14-3-15(4)11-9(19)8(18)5(2-17)21-11/h1,3,5,8-9,11,17-19H,2,12-13H2/t5-,8+,9-,11+/m0/s1. The van der Waals surface area contributed by atoms with Crippen molar-refractivity contribution >= 4 is 16.9 Å². The molecule has 1 aliphatic heterocycles. The number of aliphatic hydroxyl groups excluding tert-OH is 3. The number of hydrogen-bond acceptors (Lipinski definition) is 8. The Labute approximate surface area is 117 Å². The molecular weight excluding hydrogens is 282 g/mol. The van der Waals surface area contributed by atoms with E-state index in [1.165, 1.54) is 17.0 Å². The molecule has 0 unspecified atom stereocenters. The van der Waals surface area contributed by atoms with Gasteiger partial charge in [-0.15, -0.1) is 0 Å². The molecular formula is C11H15N5O5. The first-order valence-electron chi connectivity index (χ1n) is 6.21. The van der Waals surface area contributed by atoms with Crippen LogP contribution in [0.1, 0.15) is 6.23 Å². The molecule has 0 bridgehead atoms. The fourth-order valence-electron chi connectivity index (χ4n) is 2.43. The number of rotatable bonds is 2. The number of nitrogens with zero attached hydrogens (tertiary/aromatic N) is 3. The minimum Gasteiger partial charge on any atom is -0.394 e. The molecule has 21 heavy (non-hydrogen) atoms. The second-order valence-electron chi connectivity index (χ2n) is 4.86. The van der Waals surface area contributed by atoms with Crippen LogP contribution in [0.3, 0.4) is 0 Å². The lowest BCUT2D eigenvalue weighted by Crippen LogP contribution is -2.33. The number of pyridine rings is 1. The van der Waals surface area contributed by atoms with E-state index in [1.807, 2.05) is 0 Å². The molecule has 1 saturated heterocycles. The van der Waals surface area contributed by atoms with Gasteiger partial charge in [-0.05, 0) is 0 Å². The van der Waals surface area contributed by atoms with E-state index in [1.54, 1.807) is 0 Å². The molecule has 0 radical (unpaired) electrons. The van der Waals surface area contributed by atoms with Gasteiger partial charge in [-0.2, -0.15) is 0 Å². The van der Waals surface area contributed by atoms with Gasteiger partial charge in [0.1, 0.15) is 24.1 Å². The predicted octanol–water partition coefficient (Wildman–Crippen LogP) is -2.89. The molecule has 7 N–H and O–H groups in total. The van der Waals surface area contributed by atoms with Gasteiger partial charge in [0, 0.05) is 6.07 Å². The smallest absolute Gasteiger partial charge is 0.298 e. The van der Waals surface area contributed by atoms with E-state index in [-0.39, 0.29) is 11.3 Å². The Kier molecular flexibility index (Phi) is 3.10. The van der Waals surface area contributed by atoms with Crippen LogP contribution in [0, 0.1) is 0 Å². The average molecular weight is 297 g/mol. The Balaban J connectivity index is 2.12. The molecule has 1 aliphatic rings. The summed E-state index contributed by atoms with van der Waals surface area (Å²) < 4.78 is 7.52. The maximum absolute atomic E-state index is 11.9. The minimum atomic E-state index is -1.28. The zero-order valence-electron chi connectivity index (χ0n) is 10.8. The van der Waals surface area contributed by atoms with Gasteiger partial charge in [0.2, 0.25) is 0 Å². The normalized spacial score (nSPS) is 29.3. The monoisotopic (exact) mass is 297 g/mol. The highest BCUT2D eigenvalue weighted by Gasteiger charge is 2.43. The summed E-state index contributed by atoms with van der Waals surface area (Å²) in [4.78, 5) is 15.9. The third-order valence-electron chi connectivity index (χ3n) is 3.61. The van der Waals surface area contributed by atoms with Crippen molar-refractivity contribution in [3.8, 4) is 0 Å². The summed E-state index contributed by atoms with van der Waals surface area (Å²) in [5.41, 5.74) is 5.42. The molecule has 0 spiro atoms. The van der Waals surface area contributed by atoms with E-state index in [0.717, 1.165) is 4.68 Å². The van der Waals surface area contributed by atoms with Crippen molar-refractivity contribution < 1.29 is 20.1 Å². The van der Waals surface area contributed by atoms with Gasteiger partial charge in [0.15, 0.2) is 11.7 Å². The summed E-state index contributed by atoms with van der Waals surface area (Å²) in [7, 11) is 0. The summed E-state index contributed by atoms with van der Waals surface area (Å²) >= 11 is 0. The van der Waals surface area contributed by atoms with Crippen molar-refractivity contribution in [3.05, 3.63) is 22.7 Å². The number of aromatic nitrogens is 3. The van der Waals surface area contributed by atoms with Crippen LogP contribution in [0.5, 0.6) is 0 Å². The third kappa shape index (κ3) is 1.88. The van der Waals surface area contributed by atoms with Gasteiger partial charge < -0.3 is 36.2 Å². The highest BCUT2D eigenvalue weighted by atomic mass is 16.6. The van der Waals surface area contributed by atoms with E-state index in [4.69, 9.17) is 21.4 Å². The Bertz CT molecular complexity index is 740. The van der Waals surface area contributed by atoms with Crippen LogP contribution in [0.25, 0.3) is 11.0 Å². The number of aliphatic hydroxyl groups is 3. The maximum atomic E-state index is 11.9. The lowest BCUT2D eigenvalue weighted by molar-refractivity contribution is -0.0508. The van der Waals surface area contributed by atoms with Crippen LogP contribution in [-0.2, 0) is 4.74 Å². The number of hydrogen-bond donors (Lipinski definition) is 5. The lowest BCUT2D eigenvalue weighted by Gasteiger charge is -2.17. The number of ether oxygens (including phenoxy) is 1. The van der Waals surface area contributed by atoms with Crippen LogP contribution in [-0.4, -0.2) is 54.5 Å². The molecule has 114 valence electrons. The Morgan fingerprint density at radius 1 is 1.38 bits per heavy atom. The first kappa shape index (κ1) is 13.8. The minimum absolute atomic E-state index is 0.0148. The van der Waals surface area contributed by atoms with Crippen molar-refractivity contribution in [1.82, 2.24) is 14.2 Å². The zero-order chi connectivity index (χ0) is 15.3. The average Bonchev–Trinajstić information content (AvgIpc) is 2.99. The molecule has 0 aromatic carbocycles. The quantitative estimate of drug-likeness (QED) is 0.369. The van der Waals surface area contributed by atoms with E-state index in [0.29, 0.717) is 5.52 Å². The second kappa shape index (κ2) is 4.70. The molecule has 1 fully saturated rings. The highest BCUT2D eigenvalue weighted by molar-refractivity contribution is 5.77. The van der Waals surface area contributed by atoms with E-state index in [2.05, 4.69) is 4.98 Å². The first-order valence-corrected chi connectivity index (χ1v) is 6.21. The summed E-state index contributed by atoms with van der Waals surface area (Å²) in [6.45, 7) is -0.445. The van der Waals surface area contributed by atoms with E-state index < -0.39 is 36.7 Å². The van der Waals surface area contributed by atoms with Crippen molar-refractivity contribution in [2.75, 3.05) is 18.2 Å². The Hall–Kier alpha value is -2.14. The summed E-state index contributed by atoms with van der Waals surface area (Å²) in [6.07, 6.45) is -3.15. The van der Waals surface area contributed by atoms with Crippen LogP contribution in [0.4, 0.5) is 5.82 Å². The molecule has 0 amide bonds. The number of nitrogen functional groups attached to an aromatic ring is 2. The molecule has 10 nitrogen and oxygen atoms in total. The zero-order valence-corrected chi connectivity index (χ0v) is 10.8. The van der Waals surface area contributed by atoms with Gasteiger partial charge in [0.25, 0.3) is 5.56 Å². The predicted molar refractivity (Wildman–Crippen MR) is 71.6 cm³/mol. The molecule has 2 aromatic heterocycles. The number of nitrogens with two attached hydrogens (primary N) is 2. The molecule has 3 heterocycles. The lowest BCUT2D eigenvalue weighted by atomic mass is 10.1. The third-order valence-corrected chi connectivity index (χ3v) is 3.61. The number of imidazole rings is 1. The van der Waals surface area contributed by atoms with Gasteiger partial charge >= 0.3 is 0 Å². The molecule has 0 saturated carbocycles. The van der Waals surface area contributed by atoms with Gasteiger partial charge in [0.05, 0.1) is 18.5 Å². The van der Waals surface area contributed by atoms with E-state index in [9.17, 15) is 15.0 Å². The highest BCUT2D eigenvalue weighted by Crippen LogP contribution is 2.31. The summed E-state index contributed by atoms with van der Waals surface area (Å²) in [5, 5.41) is 28.9. The summed E-state index contributed by atoms with van der Waals surface area (Å²) in [5.74, 6) is 5.49. The Morgan fingerprint density at radius 3 is 2.71 bits per heavy atom. The number of anilines is 1. The molecule has 3 rings (SSSR count). The summed E-state index contributed by atoms with van der Waals surface area (Å²) in [6, 6.07) is 1.42. The second-order valence-corrected chi connectivity index (χ2v) is 4.86. The molecule has 4 atom stereocenters. The van der Waals surface area contributed by atoms with Crippen molar-refractivity contribution in [1.29, 1.82) is 0 Å². The van der Waals surface area contributed by atoms with Gasteiger partial charge in [-0.1, -0.05) is 0 Å². The van der Waals surface area contributed by atoms with Crippen molar-refractivity contribution in [2.24, 2.45) is 0 Å². The van der Waals surface area contributed by atoms with Crippen molar-refractivity contribution in [2.45, 2.75) is 24.5 Å². The van der Waals surface area contributed by atoms with Crippen LogP contribution in [0.15, 0.2) is 17.2 Å². The maximum Gasteiger partial charge on any atom is 0.298 e. The first-order chi connectivity index (χ1) is 9.95. The number of fused-ring (bicyclic) bond motifs is 1.